The van der Waals surface area contributed by atoms with Gasteiger partial charge in [0.25, 0.3) is 0 Å². The zero-order valence-electron chi connectivity index (χ0n) is 10.3. The number of halogens is 2. The molecule has 0 atom stereocenters. The van der Waals surface area contributed by atoms with Crippen LogP contribution < -0.4 is 10.6 Å². The third kappa shape index (κ3) is 6.10. The van der Waals surface area contributed by atoms with Crippen LogP contribution in [-0.4, -0.2) is 25.3 Å². The molecule has 1 aromatic carbocycles. The zero-order valence-corrected chi connectivity index (χ0v) is 11.8. The molecule has 4 nitrogen and oxygen atoms in total. The highest BCUT2D eigenvalue weighted by Gasteiger charge is 2.05. The van der Waals surface area contributed by atoms with E-state index in [1.807, 2.05) is 13.8 Å². The van der Waals surface area contributed by atoms with Crippen molar-refractivity contribution in [3.05, 3.63) is 28.2 Å². The monoisotopic (exact) mass is 290 g/mol. The number of hydrogen-bond donors (Lipinski definition) is 2. The molecule has 100 valence electrons. The molecular weight excluding hydrogens is 275 g/mol. The number of hydrogen-bond acceptors (Lipinski definition) is 3. The molecule has 0 saturated heterocycles. The van der Waals surface area contributed by atoms with Gasteiger partial charge >= 0.3 is 6.09 Å². The van der Waals surface area contributed by atoms with Gasteiger partial charge in [-0.05, 0) is 18.2 Å². The maximum atomic E-state index is 11.4. The predicted molar refractivity (Wildman–Crippen MR) is 74.6 cm³/mol. The molecule has 0 aliphatic rings. The summed E-state index contributed by atoms with van der Waals surface area (Å²) in [5.74, 6) is 0. The largest absolute Gasteiger partial charge is 0.448 e. The summed E-state index contributed by atoms with van der Waals surface area (Å²) in [6.07, 6.45) is -0.529. The van der Waals surface area contributed by atoms with Crippen molar-refractivity contribution >= 4 is 35.0 Å². The molecule has 18 heavy (non-hydrogen) atoms. The summed E-state index contributed by atoms with van der Waals surface area (Å²) in [5.41, 5.74) is 0.509. The van der Waals surface area contributed by atoms with Crippen molar-refractivity contribution in [2.24, 2.45) is 0 Å². The first kappa shape index (κ1) is 15.1. The Labute approximate surface area is 117 Å². The van der Waals surface area contributed by atoms with Crippen LogP contribution in [0.2, 0.25) is 10.0 Å². The van der Waals surface area contributed by atoms with Crippen molar-refractivity contribution in [1.82, 2.24) is 5.32 Å². The van der Waals surface area contributed by atoms with Gasteiger partial charge in [0, 0.05) is 28.3 Å². The molecule has 0 bridgehead atoms. The van der Waals surface area contributed by atoms with Gasteiger partial charge in [0.2, 0.25) is 0 Å². The van der Waals surface area contributed by atoms with Crippen molar-refractivity contribution in [1.29, 1.82) is 0 Å². The topological polar surface area (TPSA) is 50.4 Å². The molecule has 2 N–H and O–H groups in total. The number of benzene rings is 1. The van der Waals surface area contributed by atoms with E-state index < -0.39 is 6.09 Å². The minimum Gasteiger partial charge on any atom is -0.448 e. The molecule has 0 spiro atoms. The van der Waals surface area contributed by atoms with Gasteiger partial charge in [-0.3, -0.25) is 5.32 Å². The van der Waals surface area contributed by atoms with Gasteiger partial charge in [-0.2, -0.15) is 0 Å². The Hall–Kier alpha value is -0.970. The van der Waals surface area contributed by atoms with Crippen LogP contribution in [0.3, 0.4) is 0 Å². The number of rotatable bonds is 5. The van der Waals surface area contributed by atoms with Crippen LogP contribution in [0.5, 0.6) is 0 Å². The van der Waals surface area contributed by atoms with Crippen molar-refractivity contribution in [3.63, 3.8) is 0 Å². The summed E-state index contributed by atoms with van der Waals surface area (Å²) >= 11 is 11.6. The van der Waals surface area contributed by atoms with Crippen molar-refractivity contribution < 1.29 is 9.53 Å². The highest BCUT2D eigenvalue weighted by atomic mass is 35.5. The fraction of sp³-hybridized carbons (Fsp3) is 0.417. The van der Waals surface area contributed by atoms with E-state index in [0.29, 0.717) is 34.9 Å². The summed E-state index contributed by atoms with van der Waals surface area (Å²) in [6.45, 7) is 4.96. The normalized spacial score (nSPS) is 10.5. The maximum Gasteiger partial charge on any atom is 0.411 e. The smallest absolute Gasteiger partial charge is 0.411 e. The summed E-state index contributed by atoms with van der Waals surface area (Å²) in [4.78, 5) is 11.4. The summed E-state index contributed by atoms with van der Waals surface area (Å²) < 4.78 is 4.98. The van der Waals surface area contributed by atoms with Gasteiger partial charge in [-0.15, -0.1) is 0 Å². The molecule has 1 aromatic rings. The van der Waals surface area contributed by atoms with Crippen LogP contribution in [0.25, 0.3) is 0 Å². The predicted octanol–water partition coefficient (Wildman–Crippen LogP) is 3.54. The Balaban J connectivity index is 2.35. The van der Waals surface area contributed by atoms with Gasteiger partial charge < -0.3 is 10.1 Å². The van der Waals surface area contributed by atoms with E-state index in [-0.39, 0.29) is 0 Å². The van der Waals surface area contributed by atoms with Gasteiger partial charge in [-0.1, -0.05) is 37.0 Å². The second-order valence-corrected chi connectivity index (χ2v) is 4.90. The Kier molecular flexibility index (Phi) is 6.25. The number of amides is 1. The van der Waals surface area contributed by atoms with Gasteiger partial charge in [0.15, 0.2) is 0 Å². The number of ether oxygens (including phenoxy) is 1. The van der Waals surface area contributed by atoms with E-state index in [1.54, 1.807) is 18.2 Å². The lowest BCUT2D eigenvalue weighted by molar-refractivity contribution is 0.161. The van der Waals surface area contributed by atoms with E-state index in [9.17, 15) is 4.79 Å². The molecule has 0 aromatic heterocycles. The van der Waals surface area contributed by atoms with Crippen LogP contribution in [0.15, 0.2) is 18.2 Å². The lowest BCUT2D eigenvalue weighted by atomic mass is 10.3. The molecule has 0 aliphatic heterocycles. The highest BCUT2D eigenvalue weighted by Crippen LogP contribution is 2.22. The quantitative estimate of drug-likeness (QED) is 0.816. The Morgan fingerprint density at radius 3 is 2.44 bits per heavy atom. The first-order valence-corrected chi connectivity index (χ1v) is 6.36. The first-order valence-electron chi connectivity index (χ1n) is 5.60. The van der Waals surface area contributed by atoms with E-state index in [1.165, 1.54) is 0 Å². The average molecular weight is 291 g/mol. The number of nitrogens with one attached hydrogen (secondary N) is 2. The maximum absolute atomic E-state index is 11.4. The summed E-state index contributed by atoms with van der Waals surface area (Å²) in [6, 6.07) is 5.15. The fourth-order valence-corrected chi connectivity index (χ4v) is 1.80. The third-order valence-electron chi connectivity index (χ3n) is 2.00. The SMILES string of the molecule is CC(C)NCCOC(=O)Nc1cc(Cl)cc(Cl)c1. The minimum absolute atomic E-state index is 0.304. The molecule has 1 rings (SSSR count). The van der Waals surface area contributed by atoms with Crippen LogP contribution in [0.1, 0.15) is 13.8 Å². The number of anilines is 1. The molecular formula is C12H16Cl2N2O2. The van der Waals surface area contributed by atoms with E-state index >= 15 is 0 Å². The molecule has 0 aliphatic carbocycles. The Morgan fingerprint density at radius 1 is 1.28 bits per heavy atom. The van der Waals surface area contributed by atoms with Gasteiger partial charge in [-0.25, -0.2) is 4.79 Å². The molecule has 0 saturated carbocycles. The molecule has 1 amide bonds. The summed E-state index contributed by atoms with van der Waals surface area (Å²) in [5, 5.41) is 6.60. The first-order chi connectivity index (χ1) is 8.47. The van der Waals surface area contributed by atoms with Gasteiger partial charge in [0.1, 0.15) is 6.61 Å². The molecule has 0 heterocycles. The minimum atomic E-state index is -0.529. The Morgan fingerprint density at radius 2 is 1.89 bits per heavy atom. The fourth-order valence-electron chi connectivity index (χ4n) is 1.27. The molecule has 0 unspecified atom stereocenters. The van der Waals surface area contributed by atoms with Crippen LogP contribution in [0.4, 0.5) is 10.5 Å². The average Bonchev–Trinajstić information content (AvgIpc) is 2.22. The van der Waals surface area contributed by atoms with E-state index in [4.69, 9.17) is 27.9 Å². The van der Waals surface area contributed by atoms with Crippen molar-refractivity contribution in [2.45, 2.75) is 19.9 Å². The lowest BCUT2D eigenvalue weighted by Crippen LogP contribution is -2.28. The van der Waals surface area contributed by atoms with Gasteiger partial charge in [0.05, 0.1) is 0 Å². The zero-order chi connectivity index (χ0) is 13.5. The highest BCUT2D eigenvalue weighted by molar-refractivity contribution is 6.35. The lowest BCUT2D eigenvalue weighted by Gasteiger charge is -2.10. The van der Waals surface area contributed by atoms with E-state index in [0.717, 1.165) is 0 Å². The van der Waals surface area contributed by atoms with Crippen LogP contribution in [0, 0.1) is 0 Å². The summed E-state index contributed by atoms with van der Waals surface area (Å²) in [7, 11) is 0. The van der Waals surface area contributed by atoms with Crippen molar-refractivity contribution in [2.75, 3.05) is 18.5 Å². The van der Waals surface area contributed by atoms with Crippen molar-refractivity contribution in [3.8, 4) is 0 Å². The van der Waals surface area contributed by atoms with E-state index in [2.05, 4.69) is 10.6 Å². The standard InChI is InChI=1S/C12H16Cl2N2O2/c1-8(2)15-3-4-18-12(17)16-11-6-9(13)5-10(14)7-11/h5-8,15H,3-4H2,1-2H3,(H,16,17). The second kappa shape index (κ2) is 7.46. The number of carbonyl (C=O) groups is 1. The third-order valence-corrected chi connectivity index (χ3v) is 2.43. The van der Waals surface area contributed by atoms with Crippen LogP contribution >= 0.6 is 23.2 Å². The molecule has 0 radical (unpaired) electrons. The Bertz CT molecular complexity index is 391. The molecule has 6 heteroatoms. The number of carbonyl (C=O) groups excluding carboxylic acids is 1. The second-order valence-electron chi connectivity index (χ2n) is 4.03. The molecule has 0 fully saturated rings. The van der Waals surface area contributed by atoms with Crippen LogP contribution in [-0.2, 0) is 4.74 Å².